The Kier molecular flexibility index (Phi) is 3.15. The van der Waals surface area contributed by atoms with Crippen molar-refractivity contribution in [2.45, 2.75) is 38.1 Å². The highest BCUT2D eigenvalue weighted by Crippen LogP contribution is 2.33. The van der Waals surface area contributed by atoms with Crippen molar-refractivity contribution in [1.82, 2.24) is 0 Å². The molecule has 1 aliphatic carbocycles. The fourth-order valence-corrected chi connectivity index (χ4v) is 2.40. The van der Waals surface area contributed by atoms with E-state index in [1.807, 2.05) is 0 Å². The Morgan fingerprint density at radius 1 is 1.38 bits per heavy atom. The van der Waals surface area contributed by atoms with Crippen LogP contribution in [0.1, 0.15) is 31.2 Å². The summed E-state index contributed by atoms with van der Waals surface area (Å²) < 4.78 is 13.1. The lowest BCUT2D eigenvalue weighted by atomic mass is 9.98. The SMILES string of the molecule is Cc1cc(NC2(CO)CCCC2)ccc1F. The van der Waals surface area contributed by atoms with E-state index in [0.29, 0.717) is 5.56 Å². The summed E-state index contributed by atoms with van der Waals surface area (Å²) in [5.41, 5.74) is 1.34. The van der Waals surface area contributed by atoms with Gasteiger partial charge in [0.2, 0.25) is 0 Å². The molecule has 0 saturated heterocycles. The first-order valence-corrected chi connectivity index (χ1v) is 5.80. The molecule has 1 fully saturated rings. The van der Waals surface area contributed by atoms with Crippen LogP contribution < -0.4 is 5.32 Å². The minimum Gasteiger partial charge on any atom is -0.394 e. The zero-order chi connectivity index (χ0) is 11.6. The number of rotatable bonds is 3. The minimum atomic E-state index is -0.190. The number of nitrogens with one attached hydrogen (secondary N) is 1. The molecule has 0 heterocycles. The summed E-state index contributed by atoms with van der Waals surface area (Å²) in [6, 6.07) is 5.00. The van der Waals surface area contributed by atoms with E-state index < -0.39 is 0 Å². The summed E-state index contributed by atoms with van der Waals surface area (Å²) in [4.78, 5) is 0. The van der Waals surface area contributed by atoms with Crippen molar-refractivity contribution in [2.75, 3.05) is 11.9 Å². The van der Waals surface area contributed by atoms with Gasteiger partial charge in [0.25, 0.3) is 0 Å². The molecule has 0 radical (unpaired) electrons. The molecule has 1 saturated carbocycles. The van der Waals surface area contributed by atoms with Crippen LogP contribution in [-0.2, 0) is 0 Å². The van der Waals surface area contributed by atoms with E-state index in [0.717, 1.165) is 31.4 Å². The van der Waals surface area contributed by atoms with Crippen LogP contribution in [0.2, 0.25) is 0 Å². The van der Waals surface area contributed by atoms with Gasteiger partial charge >= 0.3 is 0 Å². The molecular weight excluding hydrogens is 205 g/mol. The number of anilines is 1. The van der Waals surface area contributed by atoms with Crippen LogP contribution in [-0.4, -0.2) is 17.3 Å². The second kappa shape index (κ2) is 4.42. The van der Waals surface area contributed by atoms with Gasteiger partial charge in [-0.15, -0.1) is 0 Å². The summed E-state index contributed by atoms with van der Waals surface area (Å²) >= 11 is 0. The Labute approximate surface area is 95.5 Å². The molecule has 0 bridgehead atoms. The van der Waals surface area contributed by atoms with E-state index in [9.17, 15) is 9.50 Å². The largest absolute Gasteiger partial charge is 0.394 e. The van der Waals surface area contributed by atoms with Gasteiger partial charge in [-0.2, -0.15) is 0 Å². The molecule has 88 valence electrons. The van der Waals surface area contributed by atoms with Gasteiger partial charge in [0, 0.05) is 5.69 Å². The average molecular weight is 223 g/mol. The highest BCUT2D eigenvalue weighted by Gasteiger charge is 2.32. The van der Waals surface area contributed by atoms with Gasteiger partial charge in [0.05, 0.1) is 12.1 Å². The van der Waals surface area contributed by atoms with Crippen molar-refractivity contribution in [3.8, 4) is 0 Å². The lowest BCUT2D eigenvalue weighted by molar-refractivity contribution is 0.214. The van der Waals surface area contributed by atoms with Crippen LogP contribution in [0.5, 0.6) is 0 Å². The zero-order valence-electron chi connectivity index (χ0n) is 9.59. The first kappa shape index (κ1) is 11.4. The maximum atomic E-state index is 13.1. The second-order valence-electron chi connectivity index (χ2n) is 4.73. The van der Waals surface area contributed by atoms with E-state index in [1.165, 1.54) is 6.07 Å². The third-order valence-corrected chi connectivity index (χ3v) is 3.43. The van der Waals surface area contributed by atoms with Gasteiger partial charge in [-0.3, -0.25) is 0 Å². The summed E-state index contributed by atoms with van der Waals surface area (Å²) in [5, 5.41) is 12.8. The van der Waals surface area contributed by atoms with Crippen LogP contribution >= 0.6 is 0 Å². The number of aliphatic hydroxyl groups excluding tert-OH is 1. The Hall–Kier alpha value is -1.09. The molecule has 0 aromatic heterocycles. The van der Waals surface area contributed by atoms with E-state index in [4.69, 9.17) is 0 Å². The first-order valence-electron chi connectivity index (χ1n) is 5.80. The zero-order valence-corrected chi connectivity index (χ0v) is 9.59. The Morgan fingerprint density at radius 3 is 2.62 bits per heavy atom. The Balaban J connectivity index is 2.16. The molecular formula is C13H18FNO. The summed E-state index contributed by atoms with van der Waals surface area (Å²) in [7, 11) is 0. The highest BCUT2D eigenvalue weighted by molar-refractivity contribution is 5.48. The molecule has 0 atom stereocenters. The second-order valence-corrected chi connectivity index (χ2v) is 4.73. The molecule has 2 N–H and O–H groups in total. The molecule has 16 heavy (non-hydrogen) atoms. The fraction of sp³-hybridized carbons (Fsp3) is 0.538. The number of aryl methyl sites for hydroxylation is 1. The van der Waals surface area contributed by atoms with E-state index in [-0.39, 0.29) is 18.0 Å². The third kappa shape index (κ3) is 2.19. The van der Waals surface area contributed by atoms with Crippen LogP contribution in [0.15, 0.2) is 18.2 Å². The Bertz CT molecular complexity index is 372. The average Bonchev–Trinajstić information content (AvgIpc) is 2.73. The summed E-state index contributed by atoms with van der Waals surface area (Å²) in [6.45, 7) is 1.89. The number of halogens is 1. The predicted molar refractivity (Wildman–Crippen MR) is 63.0 cm³/mol. The maximum Gasteiger partial charge on any atom is 0.126 e. The molecule has 1 aliphatic rings. The van der Waals surface area contributed by atoms with Crippen LogP contribution in [0.25, 0.3) is 0 Å². The lowest BCUT2D eigenvalue weighted by Crippen LogP contribution is -2.39. The van der Waals surface area contributed by atoms with Crippen molar-refractivity contribution < 1.29 is 9.50 Å². The van der Waals surface area contributed by atoms with Crippen molar-refractivity contribution in [2.24, 2.45) is 0 Å². The highest BCUT2D eigenvalue weighted by atomic mass is 19.1. The lowest BCUT2D eigenvalue weighted by Gasteiger charge is -2.29. The number of aliphatic hydroxyl groups is 1. The van der Waals surface area contributed by atoms with E-state index >= 15 is 0 Å². The molecule has 0 amide bonds. The van der Waals surface area contributed by atoms with Gasteiger partial charge in [-0.1, -0.05) is 12.8 Å². The van der Waals surface area contributed by atoms with E-state index in [2.05, 4.69) is 5.32 Å². The van der Waals surface area contributed by atoms with Gasteiger partial charge in [-0.25, -0.2) is 4.39 Å². The first-order chi connectivity index (χ1) is 7.65. The van der Waals surface area contributed by atoms with Crippen molar-refractivity contribution >= 4 is 5.69 Å². The molecule has 1 aromatic carbocycles. The van der Waals surface area contributed by atoms with Crippen molar-refractivity contribution in [3.05, 3.63) is 29.6 Å². The number of benzene rings is 1. The maximum absolute atomic E-state index is 13.1. The van der Waals surface area contributed by atoms with Crippen molar-refractivity contribution in [3.63, 3.8) is 0 Å². The van der Waals surface area contributed by atoms with Gasteiger partial charge in [0.15, 0.2) is 0 Å². The topological polar surface area (TPSA) is 32.3 Å². The molecule has 2 nitrogen and oxygen atoms in total. The summed E-state index contributed by atoms with van der Waals surface area (Å²) in [6.07, 6.45) is 4.27. The van der Waals surface area contributed by atoms with Gasteiger partial charge in [-0.05, 0) is 43.5 Å². The van der Waals surface area contributed by atoms with Crippen molar-refractivity contribution in [1.29, 1.82) is 0 Å². The van der Waals surface area contributed by atoms with Crippen LogP contribution in [0, 0.1) is 12.7 Å². The van der Waals surface area contributed by atoms with Crippen LogP contribution in [0.3, 0.4) is 0 Å². The Morgan fingerprint density at radius 2 is 2.06 bits per heavy atom. The van der Waals surface area contributed by atoms with Gasteiger partial charge < -0.3 is 10.4 Å². The summed E-state index contributed by atoms with van der Waals surface area (Å²) in [5.74, 6) is -0.185. The fourth-order valence-electron chi connectivity index (χ4n) is 2.40. The van der Waals surface area contributed by atoms with E-state index in [1.54, 1.807) is 19.1 Å². The molecule has 0 spiro atoms. The smallest absolute Gasteiger partial charge is 0.126 e. The minimum absolute atomic E-state index is 0.142. The normalized spacial score (nSPS) is 18.7. The predicted octanol–water partition coefficient (Wildman–Crippen LogP) is 2.85. The van der Waals surface area contributed by atoms with Gasteiger partial charge in [0.1, 0.15) is 5.82 Å². The molecule has 0 aliphatic heterocycles. The molecule has 2 rings (SSSR count). The quantitative estimate of drug-likeness (QED) is 0.825. The monoisotopic (exact) mass is 223 g/mol. The number of hydrogen-bond donors (Lipinski definition) is 2. The molecule has 0 unspecified atom stereocenters. The molecule has 3 heteroatoms. The number of hydrogen-bond acceptors (Lipinski definition) is 2. The van der Waals surface area contributed by atoms with Crippen LogP contribution in [0.4, 0.5) is 10.1 Å². The third-order valence-electron chi connectivity index (χ3n) is 3.43. The molecule has 1 aromatic rings. The standard InChI is InChI=1S/C13H18FNO/c1-10-8-11(4-5-12(10)14)15-13(9-16)6-2-3-7-13/h4-5,8,15-16H,2-3,6-7,9H2,1H3.